The molecule has 1 aliphatic heterocycles. The van der Waals surface area contributed by atoms with Crippen molar-refractivity contribution in [2.24, 2.45) is 0 Å². The topological polar surface area (TPSA) is 53.2 Å². The van der Waals surface area contributed by atoms with Gasteiger partial charge in [0.25, 0.3) is 0 Å². The molecular formula is C11H15N3O. The molecule has 0 spiro atoms. The maximum Gasteiger partial charge on any atom is 0.318 e. The van der Waals surface area contributed by atoms with E-state index in [1.807, 2.05) is 18.2 Å². The van der Waals surface area contributed by atoms with Crippen molar-refractivity contribution in [2.45, 2.75) is 12.8 Å². The van der Waals surface area contributed by atoms with E-state index in [0.29, 0.717) is 0 Å². The number of aryl methyl sites for hydroxylation is 1. The summed E-state index contributed by atoms with van der Waals surface area (Å²) in [5.74, 6) is 0. The van der Waals surface area contributed by atoms with E-state index in [2.05, 4.69) is 16.0 Å². The maximum absolute atomic E-state index is 11.1. The number of nitrogens with one attached hydrogen (secondary N) is 3. The van der Waals surface area contributed by atoms with Gasteiger partial charge in [-0.25, -0.2) is 4.79 Å². The average molecular weight is 205 g/mol. The molecule has 80 valence electrons. The van der Waals surface area contributed by atoms with Gasteiger partial charge in [-0.15, -0.1) is 0 Å². The Labute approximate surface area is 89.1 Å². The van der Waals surface area contributed by atoms with Crippen LogP contribution in [0.15, 0.2) is 18.2 Å². The molecule has 4 nitrogen and oxygen atoms in total. The van der Waals surface area contributed by atoms with E-state index in [-0.39, 0.29) is 6.03 Å². The second-order valence-corrected chi connectivity index (χ2v) is 3.61. The van der Waals surface area contributed by atoms with E-state index < -0.39 is 0 Å². The molecule has 1 aromatic carbocycles. The Balaban J connectivity index is 2.17. The molecule has 0 aromatic heterocycles. The van der Waals surface area contributed by atoms with Gasteiger partial charge in [-0.3, -0.25) is 0 Å². The Bertz CT molecular complexity index is 376. The van der Waals surface area contributed by atoms with E-state index in [9.17, 15) is 4.79 Å². The molecule has 2 amide bonds. The molecule has 0 radical (unpaired) electrons. The minimum atomic E-state index is -0.182. The first-order chi connectivity index (χ1) is 7.29. The first kappa shape index (κ1) is 9.83. The second kappa shape index (κ2) is 4.21. The number of fused-ring (bicyclic) bond motifs is 1. The van der Waals surface area contributed by atoms with Crippen LogP contribution in [0.1, 0.15) is 12.0 Å². The molecule has 0 aliphatic carbocycles. The number of benzene rings is 1. The number of hydrogen-bond acceptors (Lipinski definition) is 2. The molecule has 15 heavy (non-hydrogen) atoms. The maximum atomic E-state index is 11.1. The highest BCUT2D eigenvalue weighted by atomic mass is 16.2. The molecule has 0 saturated heterocycles. The summed E-state index contributed by atoms with van der Waals surface area (Å²) in [4.78, 5) is 11.1. The number of amides is 2. The molecule has 1 aliphatic rings. The Morgan fingerprint density at radius 3 is 3.13 bits per heavy atom. The average Bonchev–Trinajstić information content (AvgIpc) is 2.29. The molecule has 0 fully saturated rings. The lowest BCUT2D eigenvalue weighted by atomic mass is 10.0. The number of hydrogen-bond donors (Lipinski definition) is 3. The van der Waals surface area contributed by atoms with Crippen LogP contribution in [0.4, 0.5) is 16.2 Å². The SMILES string of the molecule is CNC(=O)Nc1ccc2c(c1)CCCN2. The Morgan fingerprint density at radius 1 is 1.47 bits per heavy atom. The molecule has 0 unspecified atom stereocenters. The summed E-state index contributed by atoms with van der Waals surface area (Å²) in [5, 5.41) is 8.62. The van der Waals surface area contributed by atoms with Crippen LogP contribution in [0.5, 0.6) is 0 Å². The molecule has 1 aromatic rings. The fourth-order valence-corrected chi connectivity index (χ4v) is 1.75. The second-order valence-electron chi connectivity index (χ2n) is 3.61. The molecule has 1 heterocycles. The van der Waals surface area contributed by atoms with Crippen LogP contribution < -0.4 is 16.0 Å². The zero-order chi connectivity index (χ0) is 10.7. The summed E-state index contributed by atoms with van der Waals surface area (Å²) in [6.45, 7) is 1.04. The van der Waals surface area contributed by atoms with Crippen molar-refractivity contribution in [3.05, 3.63) is 23.8 Å². The van der Waals surface area contributed by atoms with Crippen LogP contribution in [-0.2, 0) is 6.42 Å². The lowest BCUT2D eigenvalue weighted by Crippen LogP contribution is -2.24. The van der Waals surface area contributed by atoms with E-state index in [0.717, 1.165) is 25.1 Å². The number of rotatable bonds is 1. The number of urea groups is 1. The predicted molar refractivity (Wildman–Crippen MR) is 61.3 cm³/mol. The van der Waals surface area contributed by atoms with Gasteiger partial charge in [0.1, 0.15) is 0 Å². The number of carbonyl (C=O) groups excluding carboxylic acids is 1. The van der Waals surface area contributed by atoms with Gasteiger partial charge >= 0.3 is 6.03 Å². The van der Waals surface area contributed by atoms with Gasteiger partial charge in [0.05, 0.1) is 0 Å². The van der Waals surface area contributed by atoms with Crippen LogP contribution in [0.2, 0.25) is 0 Å². The molecule has 0 saturated carbocycles. The van der Waals surface area contributed by atoms with Gasteiger partial charge < -0.3 is 16.0 Å². The van der Waals surface area contributed by atoms with Crippen molar-refractivity contribution in [1.82, 2.24) is 5.32 Å². The van der Waals surface area contributed by atoms with Crippen molar-refractivity contribution in [1.29, 1.82) is 0 Å². The third-order valence-corrected chi connectivity index (χ3v) is 2.53. The lowest BCUT2D eigenvalue weighted by molar-refractivity contribution is 0.254. The van der Waals surface area contributed by atoms with E-state index in [4.69, 9.17) is 0 Å². The summed E-state index contributed by atoms with van der Waals surface area (Å²) < 4.78 is 0. The minimum absolute atomic E-state index is 0.182. The lowest BCUT2D eigenvalue weighted by Gasteiger charge is -2.18. The van der Waals surface area contributed by atoms with Gasteiger partial charge in [0.15, 0.2) is 0 Å². The van der Waals surface area contributed by atoms with Crippen LogP contribution >= 0.6 is 0 Å². The minimum Gasteiger partial charge on any atom is -0.385 e. The van der Waals surface area contributed by atoms with E-state index in [1.54, 1.807) is 7.05 Å². The Kier molecular flexibility index (Phi) is 2.76. The van der Waals surface area contributed by atoms with Gasteiger partial charge in [0, 0.05) is 25.0 Å². The summed E-state index contributed by atoms with van der Waals surface area (Å²) in [6.07, 6.45) is 2.22. The molecule has 4 heteroatoms. The summed E-state index contributed by atoms with van der Waals surface area (Å²) in [5.41, 5.74) is 3.30. The van der Waals surface area contributed by atoms with Crippen molar-refractivity contribution in [3.63, 3.8) is 0 Å². The van der Waals surface area contributed by atoms with Crippen molar-refractivity contribution >= 4 is 17.4 Å². The quantitative estimate of drug-likeness (QED) is 0.654. The number of carbonyl (C=O) groups is 1. The van der Waals surface area contributed by atoms with Crippen LogP contribution in [0, 0.1) is 0 Å². The van der Waals surface area contributed by atoms with Crippen molar-refractivity contribution in [3.8, 4) is 0 Å². The molecule has 3 N–H and O–H groups in total. The van der Waals surface area contributed by atoms with Crippen molar-refractivity contribution < 1.29 is 4.79 Å². The van der Waals surface area contributed by atoms with Gasteiger partial charge in [-0.05, 0) is 36.6 Å². The Hall–Kier alpha value is -1.71. The first-order valence-electron chi connectivity index (χ1n) is 5.15. The monoisotopic (exact) mass is 205 g/mol. The highest BCUT2D eigenvalue weighted by molar-refractivity contribution is 5.89. The van der Waals surface area contributed by atoms with Gasteiger partial charge in [-0.2, -0.15) is 0 Å². The standard InChI is InChI=1S/C11H15N3O/c1-12-11(15)14-9-4-5-10-8(7-9)3-2-6-13-10/h4-5,7,13H,2-3,6H2,1H3,(H2,12,14,15). The third kappa shape index (κ3) is 2.21. The van der Waals surface area contributed by atoms with E-state index in [1.165, 1.54) is 11.3 Å². The first-order valence-corrected chi connectivity index (χ1v) is 5.15. The zero-order valence-electron chi connectivity index (χ0n) is 8.76. The predicted octanol–water partition coefficient (Wildman–Crippen LogP) is 1.80. The van der Waals surface area contributed by atoms with Gasteiger partial charge in [-0.1, -0.05) is 0 Å². The molecular weight excluding hydrogens is 190 g/mol. The summed E-state index contributed by atoms with van der Waals surface area (Å²) in [6, 6.07) is 5.77. The van der Waals surface area contributed by atoms with Crippen LogP contribution in [-0.4, -0.2) is 19.6 Å². The van der Waals surface area contributed by atoms with Crippen LogP contribution in [0.3, 0.4) is 0 Å². The normalized spacial score (nSPS) is 13.7. The van der Waals surface area contributed by atoms with E-state index >= 15 is 0 Å². The third-order valence-electron chi connectivity index (χ3n) is 2.53. The molecule has 0 bridgehead atoms. The number of anilines is 2. The molecule has 0 atom stereocenters. The highest BCUT2D eigenvalue weighted by Crippen LogP contribution is 2.24. The van der Waals surface area contributed by atoms with Crippen molar-refractivity contribution in [2.75, 3.05) is 24.2 Å². The van der Waals surface area contributed by atoms with Crippen LogP contribution in [0.25, 0.3) is 0 Å². The Morgan fingerprint density at radius 2 is 2.33 bits per heavy atom. The fourth-order valence-electron chi connectivity index (χ4n) is 1.75. The smallest absolute Gasteiger partial charge is 0.318 e. The summed E-state index contributed by atoms with van der Waals surface area (Å²) in [7, 11) is 1.61. The largest absolute Gasteiger partial charge is 0.385 e. The summed E-state index contributed by atoms with van der Waals surface area (Å²) >= 11 is 0. The fraction of sp³-hybridized carbons (Fsp3) is 0.364. The highest BCUT2D eigenvalue weighted by Gasteiger charge is 2.09. The molecule has 2 rings (SSSR count). The zero-order valence-corrected chi connectivity index (χ0v) is 8.76. The van der Waals surface area contributed by atoms with Gasteiger partial charge in [0.2, 0.25) is 0 Å².